The normalized spacial score (nSPS) is 21.5. The van der Waals surface area contributed by atoms with E-state index in [1.807, 2.05) is 19.0 Å². The van der Waals surface area contributed by atoms with Gasteiger partial charge in [0.05, 0.1) is 11.6 Å². The number of pyridine rings is 1. The highest BCUT2D eigenvalue weighted by molar-refractivity contribution is 5.95. The number of hydrogen-bond donors (Lipinski definition) is 2. The van der Waals surface area contributed by atoms with Crippen LogP contribution in [0.25, 0.3) is 0 Å². The highest BCUT2D eigenvalue weighted by Crippen LogP contribution is 2.32. The van der Waals surface area contributed by atoms with Gasteiger partial charge in [0.15, 0.2) is 5.82 Å². The Morgan fingerprint density at radius 3 is 2.65 bits per heavy atom. The molecule has 20 heavy (non-hydrogen) atoms. The first-order chi connectivity index (χ1) is 9.49. The number of carboxylic acid groups (broad SMARTS) is 1. The van der Waals surface area contributed by atoms with Crippen LogP contribution >= 0.6 is 0 Å². The fraction of sp³-hybridized carbons (Fsp3) is 0.500. The molecule has 108 valence electrons. The molecule has 1 fully saturated rings. The molecule has 1 amide bonds. The largest absolute Gasteiger partial charge is 0.481 e. The van der Waals surface area contributed by atoms with Gasteiger partial charge in [-0.05, 0) is 31.4 Å². The molecule has 1 aromatic heterocycles. The molecule has 2 atom stereocenters. The Balaban J connectivity index is 2.04. The summed E-state index contributed by atoms with van der Waals surface area (Å²) in [4.78, 5) is 29.2. The van der Waals surface area contributed by atoms with Crippen molar-refractivity contribution in [1.29, 1.82) is 0 Å². The number of aliphatic carboxylic acids is 1. The van der Waals surface area contributed by atoms with Gasteiger partial charge in [0, 0.05) is 26.2 Å². The van der Waals surface area contributed by atoms with E-state index < -0.39 is 11.9 Å². The molecule has 1 aromatic rings. The minimum absolute atomic E-state index is 0.121. The minimum Gasteiger partial charge on any atom is -0.481 e. The number of nitrogens with zero attached hydrogens (tertiary/aromatic N) is 2. The average Bonchev–Trinajstić information content (AvgIpc) is 2.89. The van der Waals surface area contributed by atoms with Crippen molar-refractivity contribution < 1.29 is 14.7 Å². The van der Waals surface area contributed by atoms with E-state index >= 15 is 0 Å². The zero-order valence-electron chi connectivity index (χ0n) is 11.7. The molecule has 1 aliphatic carbocycles. The number of amides is 1. The van der Waals surface area contributed by atoms with E-state index in [2.05, 4.69) is 10.3 Å². The van der Waals surface area contributed by atoms with Crippen molar-refractivity contribution in [2.24, 2.45) is 11.8 Å². The van der Waals surface area contributed by atoms with Crippen LogP contribution in [0.5, 0.6) is 0 Å². The Morgan fingerprint density at radius 1 is 1.35 bits per heavy atom. The van der Waals surface area contributed by atoms with E-state index in [9.17, 15) is 9.59 Å². The SMILES string of the molecule is CN(C)c1ncccc1NC(=O)[C@@H]1CC[C@H](C(=O)O)C1. The molecule has 0 bridgehead atoms. The summed E-state index contributed by atoms with van der Waals surface area (Å²) in [5, 5.41) is 11.8. The summed E-state index contributed by atoms with van der Waals surface area (Å²) in [5.41, 5.74) is 0.654. The second-order valence-electron chi connectivity index (χ2n) is 5.30. The van der Waals surface area contributed by atoms with E-state index in [1.54, 1.807) is 18.3 Å². The first-order valence-corrected chi connectivity index (χ1v) is 6.65. The summed E-state index contributed by atoms with van der Waals surface area (Å²) in [6.07, 6.45) is 3.28. The third kappa shape index (κ3) is 3.07. The van der Waals surface area contributed by atoms with Crippen LogP contribution in [0.2, 0.25) is 0 Å². The molecule has 1 aliphatic rings. The van der Waals surface area contributed by atoms with Crippen LogP contribution < -0.4 is 10.2 Å². The molecule has 1 heterocycles. The fourth-order valence-corrected chi connectivity index (χ4v) is 2.53. The fourth-order valence-electron chi connectivity index (χ4n) is 2.53. The molecule has 1 saturated carbocycles. The van der Waals surface area contributed by atoms with Crippen molar-refractivity contribution in [2.75, 3.05) is 24.3 Å². The second-order valence-corrected chi connectivity index (χ2v) is 5.30. The van der Waals surface area contributed by atoms with Crippen molar-refractivity contribution in [3.05, 3.63) is 18.3 Å². The molecule has 0 radical (unpaired) electrons. The molecule has 0 unspecified atom stereocenters. The molecule has 0 spiro atoms. The van der Waals surface area contributed by atoms with Crippen molar-refractivity contribution >= 4 is 23.4 Å². The summed E-state index contributed by atoms with van der Waals surface area (Å²) in [6.45, 7) is 0. The Morgan fingerprint density at radius 2 is 2.05 bits per heavy atom. The number of rotatable bonds is 4. The molecule has 2 rings (SSSR count). The third-order valence-electron chi connectivity index (χ3n) is 3.62. The zero-order chi connectivity index (χ0) is 14.7. The summed E-state index contributed by atoms with van der Waals surface area (Å²) < 4.78 is 0. The van der Waals surface area contributed by atoms with Gasteiger partial charge in [-0.1, -0.05) is 0 Å². The molecule has 2 N–H and O–H groups in total. The zero-order valence-corrected chi connectivity index (χ0v) is 11.7. The van der Waals surface area contributed by atoms with Gasteiger partial charge >= 0.3 is 5.97 Å². The average molecular weight is 277 g/mol. The summed E-state index contributed by atoms with van der Waals surface area (Å²) in [6, 6.07) is 3.56. The first-order valence-electron chi connectivity index (χ1n) is 6.65. The smallest absolute Gasteiger partial charge is 0.306 e. The highest BCUT2D eigenvalue weighted by atomic mass is 16.4. The number of carbonyl (C=O) groups excluding carboxylic acids is 1. The number of nitrogens with one attached hydrogen (secondary N) is 1. The Kier molecular flexibility index (Phi) is 4.22. The van der Waals surface area contributed by atoms with Gasteiger partial charge < -0.3 is 15.3 Å². The highest BCUT2D eigenvalue weighted by Gasteiger charge is 2.34. The van der Waals surface area contributed by atoms with Gasteiger partial charge in [0.25, 0.3) is 0 Å². The maximum absolute atomic E-state index is 12.2. The van der Waals surface area contributed by atoms with E-state index in [-0.39, 0.29) is 11.8 Å². The van der Waals surface area contributed by atoms with Gasteiger partial charge in [-0.25, -0.2) is 4.98 Å². The molecular formula is C14H19N3O3. The maximum atomic E-state index is 12.2. The van der Waals surface area contributed by atoms with Gasteiger partial charge in [0.2, 0.25) is 5.91 Å². The lowest BCUT2D eigenvalue weighted by molar-refractivity contribution is -0.141. The molecule has 6 heteroatoms. The molecule has 0 saturated heterocycles. The number of hydrogen-bond acceptors (Lipinski definition) is 4. The quantitative estimate of drug-likeness (QED) is 0.873. The monoisotopic (exact) mass is 277 g/mol. The number of carbonyl (C=O) groups is 2. The van der Waals surface area contributed by atoms with Crippen LogP contribution in [-0.4, -0.2) is 36.1 Å². The number of aromatic nitrogens is 1. The van der Waals surface area contributed by atoms with E-state index in [4.69, 9.17) is 5.11 Å². The van der Waals surface area contributed by atoms with Gasteiger partial charge in [0.1, 0.15) is 0 Å². The molecule has 6 nitrogen and oxygen atoms in total. The van der Waals surface area contributed by atoms with Gasteiger partial charge in [-0.15, -0.1) is 0 Å². The number of carboxylic acids is 1. The molecule has 0 aromatic carbocycles. The van der Waals surface area contributed by atoms with Crippen molar-refractivity contribution in [3.8, 4) is 0 Å². The lowest BCUT2D eigenvalue weighted by Crippen LogP contribution is -2.23. The second kappa shape index (κ2) is 5.90. The summed E-state index contributed by atoms with van der Waals surface area (Å²) >= 11 is 0. The molecular weight excluding hydrogens is 258 g/mol. The van der Waals surface area contributed by atoms with Gasteiger partial charge in [-0.2, -0.15) is 0 Å². The van der Waals surface area contributed by atoms with Crippen LogP contribution in [0.4, 0.5) is 11.5 Å². The minimum atomic E-state index is -0.810. The van der Waals surface area contributed by atoms with E-state index in [0.29, 0.717) is 30.8 Å². The van der Waals surface area contributed by atoms with Crippen LogP contribution in [-0.2, 0) is 9.59 Å². The Hall–Kier alpha value is -2.11. The first kappa shape index (κ1) is 14.3. The Bertz CT molecular complexity index is 516. The van der Waals surface area contributed by atoms with E-state index in [0.717, 1.165) is 0 Å². The lowest BCUT2D eigenvalue weighted by atomic mass is 10.0. The van der Waals surface area contributed by atoms with E-state index in [1.165, 1.54) is 0 Å². The van der Waals surface area contributed by atoms with Crippen molar-refractivity contribution in [1.82, 2.24) is 4.98 Å². The van der Waals surface area contributed by atoms with Crippen LogP contribution in [0, 0.1) is 11.8 Å². The predicted octanol–water partition coefficient (Wildman–Crippen LogP) is 1.59. The maximum Gasteiger partial charge on any atom is 0.306 e. The van der Waals surface area contributed by atoms with Crippen LogP contribution in [0.15, 0.2) is 18.3 Å². The van der Waals surface area contributed by atoms with Crippen LogP contribution in [0.1, 0.15) is 19.3 Å². The third-order valence-corrected chi connectivity index (χ3v) is 3.62. The van der Waals surface area contributed by atoms with Crippen LogP contribution in [0.3, 0.4) is 0 Å². The van der Waals surface area contributed by atoms with Crippen molar-refractivity contribution in [2.45, 2.75) is 19.3 Å². The number of anilines is 2. The summed E-state index contributed by atoms with van der Waals surface area (Å²) in [7, 11) is 3.71. The lowest BCUT2D eigenvalue weighted by Gasteiger charge is -2.17. The molecule has 0 aliphatic heterocycles. The standard InChI is InChI=1S/C14H19N3O3/c1-17(2)12-11(4-3-7-15-12)16-13(18)9-5-6-10(8-9)14(19)20/h3-4,7,9-10H,5-6,8H2,1-2H3,(H,16,18)(H,19,20)/t9-,10+/m1/s1. The summed E-state index contributed by atoms with van der Waals surface area (Å²) in [5.74, 6) is -0.867. The van der Waals surface area contributed by atoms with Crippen molar-refractivity contribution in [3.63, 3.8) is 0 Å². The topological polar surface area (TPSA) is 82.5 Å². The van der Waals surface area contributed by atoms with Gasteiger partial charge in [-0.3, -0.25) is 9.59 Å². The predicted molar refractivity (Wildman–Crippen MR) is 75.7 cm³/mol. The Labute approximate surface area is 117 Å².